The molecule has 3 heteroatoms. The summed E-state index contributed by atoms with van der Waals surface area (Å²) in [5, 5.41) is 0. The van der Waals surface area contributed by atoms with Crippen molar-refractivity contribution in [2.75, 3.05) is 6.61 Å². The Morgan fingerprint density at radius 2 is 2.07 bits per heavy atom. The Hall–Kier alpha value is -1.04. The number of esters is 1. The highest BCUT2D eigenvalue weighted by Gasteiger charge is 2.23. The average Bonchev–Trinajstić information content (AvgIpc) is 2.18. The summed E-state index contributed by atoms with van der Waals surface area (Å²) in [5.41, 5.74) is 0. The Morgan fingerprint density at radius 3 is 2.57 bits per heavy atom. The van der Waals surface area contributed by atoms with Crippen LogP contribution in [-0.4, -0.2) is 18.6 Å². The molecule has 0 aromatic carbocycles. The first-order valence-corrected chi connectivity index (χ1v) is 5.22. The molecule has 0 saturated heterocycles. The van der Waals surface area contributed by atoms with Crippen LogP contribution in [-0.2, 0) is 9.53 Å². The Bertz CT molecular complexity index is 224. The Morgan fingerprint density at radius 1 is 1.43 bits per heavy atom. The molecule has 1 aliphatic rings. The number of carbonyl (C=O) groups is 1. The zero-order chi connectivity index (χ0) is 10.4. The van der Waals surface area contributed by atoms with Crippen molar-refractivity contribution in [2.24, 2.45) is 5.92 Å². The minimum atomic E-state index is -0.195. The zero-order valence-electron chi connectivity index (χ0n) is 8.66. The first-order valence-electron chi connectivity index (χ1n) is 5.22. The van der Waals surface area contributed by atoms with Gasteiger partial charge in [-0.3, -0.25) is 4.79 Å². The lowest BCUT2D eigenvalue weighted by Gasteiger charge is -2.21. The predicted molar refractivity (Wildman–Crippen MR) is 53.6 cm³/mol. The molecule has 0 radical (unpaired) electrons. The third-order valence-electron chi connectivity index (χ3n) is 2.83. The van der Waals surface area contributed by atoms with Crippen LogP contribution in [0.1, 0.15) is 39.0 Å². The largest absolute Gasteiger partial charge is 0.466 e. The van der Waals surface area contributed by atoms with Crippen molar-refractivity contribution < 1.29 is 9.53 Å². The van der Waals surface area contributed by atoms with E-state index in [1.807, 2.05) is 0 Å². The number of hydrogen-bond acceptors (Lipinski definition) is 2. The second-order valence-electron chi connectivity index (χ2n) is 3.93. The molecular weight excluding hydrogens is 178 g/mol. The van der Waals surface area contributed by atoms with E-state index in [4.69, 9.17) is 11.3 Å². The Labute approximate surface area is 85.3 Å². The van der Waals surface area contributed by atoms with Crippen LogP contribution in [0.2, 0.25) is 0 Å². The third kappa shape index (κ3) is 3.78. The number of rotatable bonds is 3. The van der Waals surface area contributed by atoms with Gasteiger partial charge in [-0.05, 0) is 25.2 Å². The van der Waals surface area contributed by atoms with E-state index >= 15 is 0 Å². The van der Waals surface area contributed by atoms with Crippen LogP contribution in [0.25, 0.3) is 4.85 Å². The van der Waals surface area contributed by atoms with E-state index in [9.17, 15) is 4.79 Å². The lowest BCUT2D eigenvalue weighted by atomic mass is 9.85. The third-order valence-corrected chi connectivity index (χ3v) is 2.83. The van der Waals surface area contributed by atoms with E-state index in [2.05, 4.69) is 4.85 Å². The molecule has 0 bridgehead atoms. The van der Waals surface area contributed by atoms with Gasteiger partial charge in [0.2, 0.25) is 6.04 Å². The molecule has 0 heterocycles. The maximum atomic E-state index is 10.5. The van der Waals surface area contributed by atoms with Crippen molar-refractivity contribution in [3.8, 4) is 0 Å². The summed E-state index contributed by atoms with van der Waals surface area (Å²) in [6, 6.07) is 0.250. The van der Waals surface area contributed by atoms with Gasteiger partial charge in [-0.15, -0.1) is 0 Å². The van der Waals surface area contributed by atoms with Gasteiger partial charge in [-0.25, -0.2) is 6.57 Å². The van der Waals surface area contributed by atoms with E-state index in [-0.39, 0.29) is 12.0 Å². The molecule has 1 saturated carbocycles. The summed E-state index contributed by atoms with van der Waals surface area (Å²) in [7, 11) is 0. The molecule has 0 unspecified atom stereocenters. The number of nitrogens with zero attached hydrogens (tertiary/aromatic N) is 1. The maximum absolute atomic E-state index is 10.5. The number of ether oxygens (including phenoxy) is 1. The molecule has 14 heavy (non-hydrogen) atoms. The van der Waals surface area contributed by atoms with Crippen LogP contribution in [0, 0.1) is 12.5 Å². The second kappa shape index (κ2) is 5.64. The van der Waals surface area contributed by atoms with Gasteiger partial charge in [-0.1, -0.05) is 0 Å². The van der Waals surface area contributed by atoms with Crippen LogP contribution < -0.4 is 0 Å². The van der Waals surface area contributed by atoms with Gasteiger partial charge in [0, 0.05) is 19.8 Å². The molecule has 0 amide bonds. The predicted octanol–water partition coefficient (Wildman–Crippen LogP) is 2.42. The van der Waals surface area contributed by atoms with Crippen molar-refractivity contribution in [1.29, 1.82) is 0 Å². The van der Waals surface area contributed by atoms with Gasteiger partial charge < -0.3 is 9.58 Å². The Balaban J connectivity index is 2.10. The molecule has 0 aromatic heterocycles. The zero-order valence-corrected chi connectivity index (χ0v) is 8.66. The smallest absolute Gasteiger partial charge is 0.302 e. The number of carbonyl (C=O) groups excluding carboxylic acids is 1. The maximum Gasteiger partial charge on any atom is 0.302 e. The van der Waals surface area contributed by atoms with Gasteiger partial charge >= 0.3 is 5.97 Å². The van der Waals surface area contributed by atoms with E-state index in [1.54, 1.807) is 0 Å². The minimum absolute atomic E-state index is 0.195. The van der Waals surface area contributed by atoms with Gasteiger partial charge in [0.1, 0.15) is 0 Å². The summed E-state index contributed by atoms with van der Waals surface area (Å²) in [5.74, 6) is 0.465. The minimum Gasteiger partial charge on any atom is -0.466 e. The van der Waals surface area contributed by atoms with Crippen LogP contribution in [0.3, 0.4) is 0 Å². The van der Waals surface area contributed by atoms with Crippen molar-refractivity contribution >= 4 is 5.97 Å². The van der Waals surface area contributed by atoms with Crippen LogP contribution in [0.5, 0.6) is 0 Å². The lowest BCUT2D eigenvalue weighted by Crippen LogP contribution is -2.17. The molecule has 1 fully saturated rings. The van der Waals surface area contributed by atoms with E-state index in [0.717, 1.165) is 32.1 Å². The van der Waals surface area contributed by atoms with Crippen molar-refractivity contribution in [3.05, 3.63) is 11.4 Å². The molecule has 1 aliphatic carbocycles. The monoisotopic (exact) mass is 195 g/mol. The van der Waals surface area contributed by atoms with E-state index < -0.39 is 0 Å². The van der Waals surface area contributed by atoms with E-state index in [0.29, 0.717) is 12.5 Å². The summed E-state index contributed by atoms with van der Waals surface area (Å²) < 4.78 is 4.90. The van der Waals surface area contributed by atoms with Gasteiger partial charge in [0.25, 0.3) is 0 Å². The summed E-state index contributed by atoms with van der Waals surface area (Å²) in [6.45, 7) is 8.90. The topological polar surface area (TPSA) is 30.7 Å². The molecular formula is C11H17NO2. The Kier molecular flexibility index (Phi) is 4.45. The van der Waals surface area contributed by atoms with Gasteiger partial charge in [0.05, 0.1) is 6.61 Å². The summed E-state index contributed by atoms with van der Waals surface area (Å²) in [6.07, 6.45) is 5.25. The summed E-state index contributed by atoms with van der Waals surface area (Å²) in [4.78, 5) is 14.1. The quantitative estimate of drug-likeness (QED) is 0.511. The highest BCUT2D eigenvalue weighted by atomic mass is 16.5. The fraction of sp³-hybridized carbons (Fsp3) is 0.818. The standard InChI is InChI=1S/C11H17NO2/c1-9(13)14-8-7-10-3-5-11(12-2)6-4-10/h10-11H,3-8H2,1H3. The highest BCUT2D eigenvalue weighted by molar-refractivity contribution is 5.65. The molecule has 3 nitrogen and oxygen atoms in total. The normalized spacial score (nSPS) is 26.6. The van der Waals surface area contributed by atoms with Crippen molar-refractivity contribution in [2.45, 2.75) is 45.1 Å². The summed E-state index contributed by atoms with van der Waals surface area (Å²) >= 11 is 0. The number of hydrogen-bond donors (Lipinski definition) is 0. The van der Waals surface area contributed by atoms with Gasteiger partial charge in [0.15, 0.2) is 0 Å². The lowest BCUT2D eigenvalue weighted by molar-refractivity contribution is -0.141. The molecule has 1 rings (SSSR count). The second-order valence-corrected chi connectivity index (χ2v) is 3.93. The van der Waals surface area contributed by atoms with Crippen molar-refractivity contribution in [3.63, 3.8) is 0 Å². The fourth-order valence-electron chi connectivity index (χ4n) is 1.93. The van der Waals surface area contributed by atoms with E-state index in [1.165, 1.54) is 6.92 Å². The first kappa shape index (κ1) is 11.0. The van der Waals surface area contributed by atoms with Crippen LogP contribution >= 0.6 is 0 Å². The molecule has 0 aliphatic heterocycles. The SMILES string of the molecule is [C-]#[N+]C1CCC(CCOC(C)=O)CC1. The van der Waals surface area contributed by atoms with Gasteiger partial charge in [-0.2, -0.15) is 0 Å². The molecule has 0 atom stereocenters. The highest BCUT2D eigenvalue weighted by Crippen LogP contribution is 2.28. The molecule has 0 N–H and O–H groups in total. The molecule has 78 valence electrons. The van der Waals surface area contributed by atoms with Crippen LogP contribution in [0.15, 0.2) is 0 Å². The average molecular weight is 195 g/mol. The van der Waals surface area contributed by atoms with Crippen molar-refractivity contribution in [1.82, 2.24) is 0 Å². The van der Waals surface area contributed by atoms with Crippen LogP contribution in [0.4, 0.5) is 0 Å². The molecule has 0 spiro atoms. The first-order chi connectivity index (χ1) is 6.72. The molecule has 0 aromatic rings. The fourth-order valence-corrected chi connectivity index (χ4v) is 1.93.